The molecule has 0 bridgehead atoms. The van der Waals surface area contributed by atoms with Crippen LogP contribution in [0, 0.1) is 6.92 Å². The maximum absolute atomic E-state index is 12.3. The molecule has 0 aromatic heterocycles. The van der Waals surface area contributed by atoms with E-state index in [1.165, 1.54) is 4.31 Å². The highest BCUT2D eigenvalue weighted by Crippen LogP contribution is 2.16. The summed E-state index contributed by atoms with van der Waals surface area (Å²) in [5.41, 5.74) is 1.05. The fraction of sp³-hybridized carbons (Fsp3) is 0.417. The minimum atomic E-state index is -3.31. The molecule has 0 aliphatic carbocycles. The van der Waals surface area contributed by atoms with Crippen LogP contribution >= 0.6 is 0 Å². The second-order valence-electron chi connectivity index (χ2n) is 4.05. The summed E-state index contributed by atoms with van der Waals surface area (Å²) in [5, 5.41) is 3.14. The molecule has 1 aromatic carbocycles. The molecule has 1 aromatic rings. The van der Waals surface area contributed by atoms with Crippen molar-refractivity contribution in [2.75, 3.05) is 26.2 Å². The van der Waals surface area contributed by atoms with Gasteiger partial charge in [0, 0.05) is 26.2 Å². The Kier molecular flexibility index (Phi) is 3.81. The summed E-state index contributed by atoms with van der Waals surface area (Å²) in [7, 11) is -3.31. The molecule has 0 amide bonds. The number of nitrogens with zero attached hydrogens (tertiary/aromatic N) is 1. The lowest BCUT2D eigenvalue weighted by Gasteiger charge is -2.26. The Labute approximate surface area is 103 Å². The molecule has 0 saturated carbocycles. The predicted octanol–water partition coefficient (Wildman–Crippen LogP) is 0.657. The zero-order valence-electron chi connectivity index (χ0n) is 9.72. The molecule has 1 fully saturated rings. The quantitative estimate of drug-likeness (QED) is 0.861. The first-order valence-corrected chi connectivity index (χ1v) is 7.17. The predicted molar refractivity (Wildman–Crippen MR) is 67.1 cm³/mol. The van der Waals surface area contributed by atoms with Gasteiger partial charge in [0.25, 0.3) is 0 Å². The molecule has 93 valence electrons. The van der Waals surface area contributed by atoms with Crippen LogP contribution in [0.15, 0.2) is 29.2 Å². The Hall–Kier alpha value is -0.910. The molecule has 1 N–H and O–H groups in total. The summed E-state index contributed by atoms with van der Waals surface area (Å²) < 4.78 is 26.1. The highest BCUT2D eigenvalue weighted by molar-refractivity contribution is 7.89. The third-order valence-corrected chi connectivity index (χ3v) is 4.84. The van der Waals surface area contributed by atoms with Crippen LogP contribution in [0.1, 0.15) is 5.56 Å². The fourth-order valence-electron chi connectivity index (χ4n) is 1.86. The van der Waals surface area contributed by atoms with Gasteiger partial charge in [0.15, 0.2) is 0 Å². The zero-order chi connectivity index (χ0) is 12.3. The normalized spacial score (nSPS) is 18.2. The lowest BCUT2D eigenvalue weighted by Crippen LogP contribution is -2.46. The van der Waals surface area contributed by atoms with Crippen LogP contribution in [0.4, 0.5) is 0 Å². The van der Waals surface area contributed by atoms with E-state index in [2.05, 4.69) is 12.2 Å². The van der Waals surface area contributed by atoms with Crippen LogP contribution in [0.5, 0.6) is 0 Å². The molecule has 0 spiro atoms. The van der Waals surface area contributed by atoms with Gasteiger partial charge in [-0.05, 0) is 31.0 Å². The molecule has 0 unspecified atom stereocenters. The van der Waals surface area contributed by atoms with Crippen molar-refractivity contribution in [3.63, 3.8) is 0 Å². The van der Waals surface area contributed by atoms with E-state index in [4.69, 9.17) is 0 Å². The number of nitrogens with one attached hydrogen (secondary N) is 1. The minimum absolute atomic E-state index is 0.372. The third-order valence-electron chi connectivity index (χ3n) is 2.93. The van der Waals surface area contributed by atoms with Gasteiger partial charge in [-0.3, -0.25) is 0 Å². The highest BCUT2D eigenvalue weighted by Gasteiger charge is 2.25. The van der Waals surface area contributed by atoms with Gasteiger partial charge < -0.3 is 5.32 Å². The minimum Gasteiger partial charge on any atom is -0.314 e. The fourth-order valence-corrected chi connectivity index (χ4v) is 3.30. The van der Waals surface area contributed by atoms with Crippen molar-refractivity contribution in [3.8, 4) is 0 Å². The zero-order valence-corrected chi connectivity index (χ0v) is 10.5. The van der Waals surface area contributed by atoms with Gasteiger partial charge in [-0.25, -0.2) is 8.42 Å². The van der Waals surface area contributed by atoms with Crippen molar-refractivity contribution >= 4 is 10.0 Å². The molecule has 1 aliphatic rings. The van der Waals surface area contributed by atoms with Gasteiger partial charge in [0.1, 0.15) is 0 Å². The summed E-state index contributed by atoms with van der Waals surface area (Å²) in [5.74, 6) is 0. The topological polar surface area (TPSA) is 49.4 Å². The number of sulfonamides is 1. The van der Waals surface area contributed by atoms with Crippen LogP contribution in [0.3, 0.4) is 0 Å². The lowest BCUT2D eigenvalue weighted by atomic mass is 10.2. The summed E-state index contributed by atoms with van der Waals surface area (Å²) in [4.78, 5) is 0.372. The summed E-state index contributed by atoms with van der Waals surface area (Å²) in [6.45, 7) is 6.29. The van der Waals surface area contributed by atoms with Crippen molar-refractivity contribution in [1.29, 1.82) is 0 Å². The average molecular weight is 253 g/mol. The maximum atomic E-state index is 12.3. The van der Waals surface area contributed by atoms with Crippen LogP contribution < -0.4 is 5.32 Å². The van der Waals surface area contributed by atoms with Crippen molar-refractivity contribution in [2.24, 2.45) is 0 Å². The van der Waals surface area contributed by atoms with E-state index in [1.54, 1.807) is 12.1 Å². The number of hydrogen-bond donors (Lipinski definition) is 1. The van der Waals surface area contributed by atoms with Crippen molar-refractivity contribution in [1.82, 2.24) is 9.62 Å². The maximum Gasteiger partial charge on any atom is 0.243 e. The van der Waals surface area contributed by atoms with Crippen LogP contribution in [-0.2, 0) is 16.4 Å². The Balaban J connectivity index is 2.23. The first-order chi connectivity index (χ1) is 8.14. The molecule has 17 heavy (non-hydrogen) atoms. The number of hydrogen-bond acceptors (Lipinski definition) is 3. The van der Waals surface area contributed by atoms with E-state index >= 15 is 0 Å². The van der Waals surface area contributed by atoms with E-state index in [1.807, 2.05) is 12.1 Å². The van der Waals surface area contributed by atoms with Gasteiger partial charge in [0.05, 0.1) is 4.90 Å². The molecular formula is C12H17N2O2S. The second-order valence-corrected chi connectivity index (χ2v) is 5.99. The second kappa shape index (κ2) is 5.16. The van der Waals surface area contributed by atoms with Gasteiger partial charge in [-0.15, -0.1) is 0 Å². The number of benzene rings is 1. The van der Waals surface area contributed by atoms with E-state index in [0.29, 0.717) is 24.4 Å². The average Bonchev–Trinajstić information content (AvgIpc) is 2.40. The van der Waals surface area contributed by atoms with E-state index in [9.17, 15) is 8.42 Å². The molecule has 5 heteroatoms. The molecule has 0 atom stereocenters. The molecule has 2 rings (SSSR count). The molecule has 1 radical (unpaired) electrons. The molecule has 1 aliphatic heterocycles. The smallest absolute Gasteiger partial charge is 0.243 e. The SMILES string of the molecule is [CH2]Cc1ccc(S(=O)(=O)N2CCNCC2)cc1. The van der Waals surface area contributed by atoms with Gasteiger partial charge in [-0.2, -0.15) is 4.31 Å². The summed E-state index contributed by atoms with van der Waals surface area (Å²) in [6, 6.07) is 6.97. The molecule has 1 heterocycles. The van der Waals surface area contributed by atoms with Crippen molar-refractivity contribution < 1.29 is 8.42 Å². The van der Waals surface area contributed by atoms with Crippen molar-refractivity contribution in [3.05, 3.63) is 36.8 Å². The standard InChI is InChI=1S/C12H17N2O2S/c1-2-11-3-5-12(6-4-11)17(15,16)14-9-7-13-8-10-14/h3-6,13H,1-2,7-10H2. The lowest BCUT2D eigenvalue weighted by molar-refractivity contribution is 0.360. The van der Waals surface area contributed by atoms with E-state index in [-0.39, 0.29) is 0 Å². The molecular weight excluding hydrogens is 236 g/mol. The first kappa shape index (κ1) is 12.5. The Morgan fingerprint density at radius 3 is 2.29 bits per heavy atom. The monoisotopic (exact) mass is 253 g/mol. The molecule has 4 nitrogen and oxygen atoms in total. The Morgan fingerprint density at radius 1 is 1.18 bits per heavy atom. The Bertz CT molecular complexity index is 462. The highest BCUT2D eigenvalue weighted by atomic mass is 32.2. The number of piperazine rings is 1. The summed E-state index contributed by atoms with van der Waals surface area (Å²) >= 11 is 0. The number of rotatable bonds is 3. The van der Waals surface area contributed by atoms with Crippen molar-refractivity contribution in [2.45, 2.75) is 11.3 Å². The van der Waals surface area contributed by atoms with Crippen LogP contribution in [0.2, 0.25) is 0 Å². The molecule has 1 saturated heterocycles. The van der Waals surface area contributed by atoms with Crippen LogP contribution in [-0.4, -0.2) is 38.9 Å². The van der Waals surface area contributed by atoms with Gasteiger partial charge in [0.2, 0.25) is 10.0 Å². The third kappa shape index (κ3) is 2.68. The Morgan fingerprint density at radius 2 is 1.76 bits per heavy atom. The first-order valence-electron chi connectivity index (χ1n) is 5.73. The van der Waals surface area contributed by atoms with Gasteiger partial charge >= 0.3 is 0 Å². The van der Waals surface area contributed by atoms with Gasteiger partial charge in [-0.1, -0.05) is 12.1 Å². The summed E-state index contributed by atoms with van der Waals surface area (Å²) in [6.07, 6.45) is 0.675. The van der Waals surface area contributed by atoms with E-state index in [0.717, 1.165) is 18.7 Å². The van der Waals surface area contributed by atoms with E-state index < -0.39 is 10.0 Å². The van der Waals surface area contributed by atoms with Crippen LogP contribution in [0.25, 0.3) is 0 Å². The largest absolute Gasteiger partial charge is 0.314 e.